The first-order valence-corrected chi connectivity index (χ1v) is 5.87. The van der Waals surface area contributed by atoms with E-state index in [1.807, 2.05) is 0 Å². The number of alkyl halides is 3. The minimum absolute atomic E-state index is 0.0776. The Balaban J connectivity index is 2.71. The third-order valence-corrected chi connectivity index (χ3v) is 2.84. The van der Waals surface area contributed by atoms with Crippen molar-refractivity contribution in [3.63, 3.8) is 0 Å². The lowest BCUT2D eigenvalue weighted by Gasteiger charge is -2.13. The highest BCUT2D eigenvalue weighted by Gasteiger charge is 2.34. The number of nitrogens with zero attached hydrogens (tertiary/aromatic N) is 1. The van der Waals surface area contributed by atoms with E-state index in [-0.39, 0.29) is 11.4 Å². The van der Waals surface area contributed by atoms with Crippen molar-refractivity contribution in [3.8, 4) is 0 Å². The first kappa shape index (κ1) is 15.3. The molecule has 0 saturated carbocycles. The Kier molecular flexibility index (Phi) is 4.76. The number of benzene rings is 1. The van der Waals surface area contributed by atoms with Gasteiger partial charge in [-0.05, 0) is 24.8 Å². The molecule has 1 amide bonds. The molecular weight excluding hydrogens is 285 g/mol. The van der Waals surface area contributed by atoms with Crippen LogP contribution in [0.1, 0.15) is 6.92 Å². The van der Waals surface area contributed by atoms with Crippen LogP contribution < -0.4 is 5.32 Å². The number of anilines is 1. The van der Waals surface area contributed by atoms with Gasteiger partial charge >= 0.3 is 5.51 Å². The number of non-ortho nitro benzene ring substituents is 1. The van der Waals surface area contributed by atoms with E-state index in [4.69, 9.17) is 0 Å². The number of amides is 1. The minimum atomic E-state index is -4.51. The second-order valence-electron chi connectivity index (χ2n) is 3.50. The molecule has 0 aliphatic rings. The zero-order chi connectivity index (χ0) is 14.6. The number of nitro groups is 1. The Morgan fingerprint density at radius 3 is 2.63 bits per heavy atom. The van der Waals surface area contributed by atoms with Crippen molar-refractivity contribution in [2.75, 3.05) is 5.32 Å². The van der Waals surface area contributed by atoms with Gasteiger partial charge in [0, 0.05) is 17.8 Å². The summed E-state index contributed by atoms with van der Waals surface area (Å²) in [5, 5.41) is 11.3. The van der Waals surface area contributed by atoms with E-state index in [2.05, 4.69) is 5.32 Å². The molecule has 1 rings (SSSR count). The van der Waals surface area contributed by atoms with Gasteiger partial charge in [-0.15, -0.1) is 0 Å². The molecule has 9 heteroatoms. The average molecular weight is 294 g/mol. The summed E-state index contributed by atoms with van der Waals surface area (Å²) >= 11 is -0.451. The molecule has 1 atom stereocenters. The smallest absolute Gasteiger partial charge is 0.325 e. The van der Waals surface area contributed by atoms with Crippen molar-refractivity contribution in [1.29, 1.82) is 0 Å². The van der Waals surface area contributed by atoms with Crippen molar-refractivity contribution in [2.45, 2.75) is 17.7 Å². The van der Waals surface area contributed by atoms with Crippen molar-refractivity contribution in [3.05, 3.63) is 34.4 Å². The topological polar surface area (TPSA) is 72.2 Å². The van der Waals surface area contributed by atoms with Gasteiger partial charge < -0.3 is 5.32 Å². The summed E-state index contributed by atoms with van der Waals surface area (Å²) in [5.74, 6) is -0.872. The Bertz CT molecular complexity index is 493. The second-order valence-corrected chi connectivity index (χ2v) is 4.91. The third kappa shape index (κ3) is 5.16. The van der Waals surface area contributed by atoms with Gasteiger partial charge in [-0.2, -0.15) is 13.2 Å². The van der Waals surface area contributed by atoms with Gasteiger partial charge in [-0.3, -0.25) is 14.9 Å². The summed E-state index contributed by atoms with van der Waals surface area (Å²) in [6.45, 7) is 1.10. The number of hydrogen-bond acceptors (Lipinski definition) is 4. The van der Waals surface area contributed by atoms with E-state index >= 15 is 0 Å². The summed E-state index contributed by atoms with van der Waals surface area (Å²) < 4.78 is 36.2. The number of nitrogens with one attached hydrogen (secondary N) is 1. The zero-order valence-corrected chi connectivity index (χ0v) is 10.4. The van der Waals surface area contributed by atoms with E-state index in [0.717, 1.165) is 13.0 Å². The van der Waals surface area contributed by atoms with E-state index < -0.39 is 33.4 Å². The molecule has 0 aromatic heterocycles. The number of hydrogen-bond donors (Lipinski definition) is 1. The predicted molar refractivity (Wildman–Crippen MR) is 64.8 cm³/mol. The Morgan fingerprint density at radius 1 is 1.47 bits per heavy atom. The van der Waals surface area contributed by atoms with E-state index in [0.29, 0.717) is 0 Å². The van der Waals surface area contributed by atoms with Crippen LogP contribution in [0.3, 0.4) is 0 Å². The molecule has 0 bridgehead atoms. The molecule has 0 radical (unpaired) electrons. The average Bonchev–Trinajstić information content (AvgIpc) is 2.27. The first-order valence-electron chi connectivity index (χ1n) is 4.99. The van der Waals surface area contributed by atoms with Crippen LogP contribution in [0.2, 0.25) is 0 Å². The van der Waals surface area contributed by atoms with Crippen LogP contribution in [0.4, 0.5) is 24.5 Å². The molecule has 19 heavy (non-hydrogen) atoms. The van der Waals surface area contributed by atoms with Gasteiger partial charge in [-0.1, -0.05) is 6.07 Å². The maximum absolute atomic E-state index is 12.1. The van der Waals surface area contributed by atoms with E-state index in [1.54, 1.807) is 0 Å². The summed E-state index contributed by atoms with van der Waals surface area (Å²) in [5.41, 5.74) is -4.69. The quantitative estimate of drug-likeness (QED) is 0.684. The lowest BCUT2D eigenvalue weighted by atomic mass is 10.2. The molecule has 0 spiro atoms. The highest BCUT2D eigenvalue weighted by molar-refractivity contribution is 8.01. The molecule has 0 aliphatic carbocycles. The maximum atomic E-state index is 12.1. The fourth-order valence-corrected chi connectivity index (χ4v) is 1.76. The van der Waals surface area contributed by atoms with E-state index in [9.17, 15) is 28.1 Å². The molecule has 1 aromatic carbocycles. The minimum Gasteiger partial charge on any atom is -0.325 e. The molecule has 1 unspecified atom stereocenters. The van der Waals surface area contributed by atoms with Crippen LogP contribution in [0, 0.1) is 10.1 Å². The van der Waals surface area contributed by atoms with Crippen LogP contribution >= 0.6 is 11.8 Å². The van der Waals surface area contributed by atoms with Gasteiger partial charge in [-0.25, -0.2) is 0 Å². The van der Waals surface area contributed by atoms with Crippen molar-refractivity contribution in [2.24, 2.45) is 0 Å². The lowest BCUT2D eigenvalue weighted by Crippen LogP contribution is -2.25. The van der Waals surface area contributed by atoms with Gasteiger partial charge in [0.2, 0.25) is 5.91 Å². The summed E-state index contributed by atoms with van der Waals surface area (Å²) in [6.07, 6.45) is 0. The van der Waals surface area contributed by atoms with Gasteiger partial charge in [0.25, 0.3) is 5.69 Å². The van der Waals surface area contributed by atoms with Crippen LogP contribution in [-0.4, -0.2) is 21.6 Å². The van der Waals surface area contributed by atoms with Crippen LogP contribution in [0.25, 0.3) is 0 Å². The van der Waals surface area contributed by atoms with Crippen molar-refractivity contribution >= 4 is 29.0 Å². The van der Waals surface area contributed by atoms with Gasteiger partial charge in [0.05, 0.1) is 10.2 Å². The maximum Gasteiger partial charge on any atom is 0.442 e. The van der Waals surface area contributed by atoms with Gasteiger partial charge in [0.15, 0.2) is 0 Å². The predicted octanol–water partition coefficient (Wildman–Crippen LogP) is 3.17. The molecular formula is C10H9F3N2O3S. The van der Waals surface area contributed by atoms with Gasteiger partial charge in [0.1, 0.15) is 0 Å². The largest absolute Gasteiger partial charge is 0.442 e. The number of carbonyl (C=O) groups is 1. The molecule has 1 N–H and O–H groups in total. The van der Waals surface area contributed by atoms with Crippen LogP contribution in [-0.2, 0) is 4.79 Å². The monoisotopic (exact) mass is 294 g/mol. The second kappa shape index (κ2) is 5.91. The number of carbonyl (C=O) groups excluding carboxylic acids is 1. The molecule has 104 valence electrons. The summed E-state index contributed by atoms with van der Waals surface area (Å²) in [6, 6.07) is 4.97. The number of halogens is 3. The normalized spacial score (nSPS) is 12.8. The third-order valence-electron chi connectivity index (χ3n) is 2.00. The molecule has 1 aromatic rings. The van der Waals surface area contributed by atoms with E-state index in [1.165, 1.54) is 18.2 Å². The highest BCUT2D eigenvalue weighted by atomic mass is 32.2. The first-order chi connectivity index (χ1) is 8.69. The molecule has 0 heterocycles. The fraction of sp³-hybridized carbons (Fsp3) is 0.300. The Labute approximate surface area is 110 Å². The number of nitro benzene ring substituents is 1. The van der Waals surface area contributed by atoms with Crippen molar-refractivity contribution < 1.29 is 22.9 Å². The SMILES string of the molecule is CC(SC(F)(F)F)C(=O)Nc1cccc([N+](=O)[O-])c1. The standard InChI is InChI=1S/C10H9F3N2O3S/c1-6(19-10(11,12)13)9(16)14-7-3-2-4-8(5-7)15(17)18/h2-6H,1H3,(H,14,16). The molecule has 0 fully saturated rings. The van der Waals surface area contributed by atoms with Crippen LogP contribution in [0.5, 0.6) is 0 Å². The molecule has 0 saturated heterocycles. The Morgan fingerprint density at radius 2 is 2.11 bits per heavy atom. The van der Waals surface area contributed by atoms with Crippen molar-refractivity contribution in [1.82, 2.24) is 0 Å². The fourth-order valence-electron chi connectivity index (χ4n) is 1.20. The number of thioether (sulfide) groups is 1. The summed E-state index contributed by atoms with van der Waals surface area (Å²) in [7, 11) is 0. The molecule has 0 aliphatic heterocycles. The summed E-state index contributed by atoms with van der Waals surface area (Å²) in [4.78, 5) is 21.3. The Hall–Kier alpha value is -1.77. The highest BCUT2D eigenvalue weighted by Crippen LogP contribution is 2.34. The zero-order valence-electron chi connectivity index (χ0n) is 9.60. The van der Waals surface area contributed by atoms with Crippen LogP contribution in [0.15, 0.2) is 24.3 Å². The molecule has 5 nitrogen and oxygen atoms in total. The number of rotatable bonds is 4. The lowest BCUT2D eigenvalue weighted by molar-refractivity contribution is -0.384.